The van der Waals surface area contributed by atoms with Crippen molar-refractivity contribution in [1.82, 2.24) is 24.3 Å². The van der Waals surface area contributed by atoms with Crippen molar-refractivity contribution in [2.24, 2.45) is 0 Å². The van der Waals surface area contributed by atoms with Gasteiger partial charge in [0.05, 0.1) is 23.2 Å². The summed E-state index contributed by atoms with van der Waals surface area (Å²) in [5, 5.41) is 14.2. The summed E-state index contributed by atoms with van der Waals surface area (Å²) < 4.78 is 65.8. The van der Waals surface area contributed by atoms with E-state index in [1.54, 1.807) is 11.3 Å². The summed E-state index contributed by atoms with van der Waals surface area (Å²) in [5.74, 6) is -5.51. The first kappa shape index (κ1) is 30.3. The van der Waals surface area contributed by atoms with Crippen LogP contribution in [0.1, 0.15) is 28.7 Å². The van der Waals surface area contributed by atoms with Gasteiger partial charge in [0.2, 0.25) is 0 Å². The Kier molecular flexibility index (Phi) is 11.1. The Morgan fingerprint density at radius 2 is 1.69 bits per heavy atom. The minimum absolute atomic E-state index is 0.520. The topological polar surface area (TPSA) is 112 Å². The first-order valence-corrected chi connectivity index (χ1v) is 10.8. The molecule has 2 aromatic rings. The average molecular weight is 533 g/mol. The molecule has 0 fully saturated rings. The highest BCUT2D eigenvalue weighted by Crippen LogP contribution is 2.26. The SMILES string of the molecule is Cc1ncsc1CN1Cc2cncn2C(CCN(C)C)C1.O=C(O)C(F)(F)F.O=C(O)C(F)(F)F. The predicted molar refractivity (Wildman–Crippen MR) is 113 cm³/mol. The zero-order valence-corrected chi connectivity index (χ0v) is 19.8. The van der Waals surface area contributed by atoms with Crippen LogP contribution in [0.15, 0.2) is 18.0 Å². The maximum Gasteiger partial charge on any atom is 0.490 e. The standard InChI is InChI=1S/C15H23N5S.2C2HF3O2/c1-12-15(21-11-17-12)9-19-7-13(4-5-18(2)3)20-10-16-6-14(20)8-19;2*3-2(4,5)1(6)7/h6,10-11,13H,4-5,7-9H2,1-3H3;2*(H,6,7). The molecule has 0 bridgehead atoms. The van der Waals surface area contributed by atoms with Crippen molar-refractivity contribution in [1.29, 1.82) is 0 Å². The lowest BCUT2D eigenvalue weighted by Gasteiger charge is -2.34. The second-order valence-electron chi connectivity index (χ2n) is 7.67. The summed E-state index contributed by atoms with van der Waals surface area (Å²) in [6.45, 7) is 6.28. The van der Waals surface area contributed by atoms with Crippen LogP contribution in [-0.2, 0) is 22.7 Å². The molecule has 9 nitrogen and oxygen atoms in total. The summed E-state index contributed by atoms with van der Waals surface area (Å²) in [4.78, 5) is 32.7. The zero-order chi connectivity index (χ0) is 27.0. The number of hydrogen-bond acceptors (Lipinski definition) is 7. The van der Waals surface area contributed by atoms with Crippen molar-refractivity contribution in [3.63, 3.8) is 0 Å². The number of imidazole rings is 1. The zero-order valence-electron chi connectivity index (χ0n) is 19.0. The Bertz CT molecular complexity index is 936. The van der Waals surface area contributed by atoms with Gasteiger partial charge >= 0.3 is 24.3 Å². The van der Waals surface area contributed by atoms with Gasteiger partial charge in [-0.15, -0.1) is 11.3 Å². The molecule has 1 unspecified atom stereocenters. The number of halogens is 6. The van der Waals surface area contributed by atoms with Crippen LogP contribution in [0.2, 0.25) is 0 Å². The van der Waals surface area contributed by atoms with Crippen LogP contribution in [0.3, 0.4) is 0 Å². The maximum atomic E-state index is 10.6. The van der Waals surface area contributed by atoms with Crippen molar-refractivity contribution in [3.05, 3.63) is 34.3 Å². The molecule has 1 atom stereocenters. The fraction of sp³-hybridized carbons (Fsp3) is 0.579. The lowest BCUT2D eigenvalue weighted by atomic mass is 10.1. The van der Waals surface area contributed by atoms with Gasteiger partial charge in [0.15, 0.2) is 0 Å². The van der Waals surface area contributed by atoms with Gasteiger partial charge < -0.3 is 19.7 Å². The van der Waals surface area contributed by atoms with Crippen molar-refractivity contribution in [2.45, 2.75) is 44.8 Å². The van der Waals surface area contributed by atoms with Crippen LogP contribution < -0.4 is 0 Å². The van der Waals surface area contributed by atoms with E-state index in [0.717, 1.165) is 32.6 Å². The van der Waals surface area contributed by atoms with Gasteiger partial charge in [0.1, 0.15) is 0 Å². The van der Waals surface area contributed by atoms with Crippen molar-refractivity contribution in [2.75, 3.05) is 27.2 Å². The Balaban J connectivity index is 0.000000362. The minimum Gasteiger partial charge on any atom is -0.475 e. The lowest BCUT2D eigenvalue weighted by Crippen LogP contribution is -2.37. The van der Waals surface area contributed by atoms with Crippen LogP contribution >= 0.6 is 11.3 Å². The number of aryl methyl sites for hydroxylation is 1. The van der Waals surface area contributed by atoms with Gasteiger partial charge in [0.25, 0.3) is 0 Å². The van der Waals surface area contributed by atoms with Crippen molar-refractivity contribution < 1.29 is 46.1 Å². The minimum atomic E-state index is -5.08. The van der Waals surface area contributed by atoms with Crippen molar-refractivity contribution in [3.8, 4) is 0 Å². The largest absolute Gasteiger partial charge is 0.490 e. The molecule has 0 amide bonds. The molecular formula is C19H25F6N5O4S. The van der Waals surface area contributed by atoms with E-state index in [9.17, 15) is 26.3 Å². The number of thiazole rings is 1. The molecule has 35 heavy (non-hydrogen) atoms. The van der Waals surface area contributed by atoms with Gasteiger partial charge in [0, 0.05) is 36.8 Å². The van der Waals surface area contributed by atoms with Crippen LogP contribution in [0, 0.1) is 6.92 Å². The molecule has 0 spiro atoms. The Labute approximate surface area is 200 Å². The number of rotatable bonds is 5. The molecule has 3 heterocycles. The van der Waals surface area contributed by atoms with Crippen LogP contribution in [-0.4, -0.2) is 86.0 Å². The van der Waals surface area contributed by atoms with Crippen LogP contribution in [0.4, 0.5) is 26.3 Å². The molecule has 0 aromatic carbocycles. The fourth-order valence-corrected chi connectivity index (χ4v) is 3.72. The third-order valence-electron chi connectivity index (χ3n) is 4.60. The smallest absolute Gasteiger partial charge is 0.475 e. The molecule has 1 aliphatic rings. The molecule has 198 valence electrons. The molecule has 2 N–H and O–H groups in total. The molecular weight excluding hydrogens is 508 g/mol. The van der Waals surface area contributed by atoms with E-state index in [1.807, 2.05) is 18.0 Å². The fourth-order valence-electron chi connectivity index (χ4n) is 2.90. The number of alkyl halides is 6. The van der Waals surface area contributed by atoms with Crippen LogP contribution in [0.5, 0.6) is 0 Å². The monoisotopic (exact) mass is 533 g/mol. The molecule has 0 radical (unpaired) electrons. The van der Waals surface area contributed by atoms with E-state index in [-0.39, 0.29) is 0 Å². The van der Waals surface area contributed by atoms with E-state index in [0.29, 0.717) is 6.04 Å². The Morgan fingerprint density at radius 3 is 2.11 bits per heavy atom. The van der Waals surface area contributed by atoms with Crippen molar-refractivity contribution >= 4 is 23.3 Å². The van der Waals surface area contributed by atoms with E-state index < -0.39 is 24.3 Å². The maximum absolute atomic E-state index is 10.6. The average Bonchev–Trinajstić information content (AvgIpc) is 3.34. The predicted octanol–water partition coefficient (Wildman–Crippen LogP) is 3.42. The Morgan fingerprint density at radius 1 is 1.14 bits per heavy atom. The third-order valence-corrected chi connectivity index (χ3v) is 5.52. The number of carbonyl (C=O) groups is 2. The van der Waals surface area contributed by atoms with E-state index in [2.05, 4.69) is 45.4 Å². The first-order valence-electron chi connectivity index (χ1n) is 9.89. The van der Waals surface area contributed by atoms with Gasteiger partial charge in [-0.1, -0.05) is 0 Å². The quantitative estimate of drug-likeness (QED) is 0.563. The van der Waals surface area contributed by atoms with Gasteiger partial charge in [-0.05, 0) is 34.0 Å². The summed E-state index contributed by atoms with van der Waals surface area (Å²) in [7, 11) is 4.27. The first-order chi connectivity index (χ1) is 16.0. The summed E-state index contributed by atoms with van der Waals surface area (Å²) in [6, 6.07) is 0.520. The van der Waals surface area contributed by atoms with Crippen LogP contribution in [0.25, 0.3) is 0 Å². The summed E-state index contributed by atoms with van der Waals surface area (Å²) in [6.07, 6.45) is -5.01. The van der Waals surface area contributed by atoms with E-state index in [4.69, 9.17) is 19.8 Å². The number of aromatic nitrogens is 3. The number of nitrogens with zero attached hydrogens (tertiary/aromatic N) is 5. The second-order valence-corrected chi connectivity index (χ2v) is 8.61. The van der Waals surface area contributed by atoms with Gasteiger partial charge in [-0.2, -0.15) is 26.3 Å². The number of fused-ring (bicyclic) bond motifs is 1. The number of hydrogen-bond donors (Lipinski definition) is 2. The highest BCUT2D eigenvalue weighted by atomic mass is 32.1. The van der Waals surface area contributed by atoms with Gasteiger partial charge in [-0.25, -0.2) is 19.6 Å². The third kappa shape index (κ3) is 10.6. The highest BCUT2D eigenvalue weighted by Gasteiger charge is 2.38. The Hall–Kier alpha value is -2.72. The summed E-state index contributed by atoms with van der Waals surface area (Å²) >= 11 is 1.76. The number of carboxylic acid groups (broad SMARTS) is 2. The second kappa shape index (κ2) is 12.8. The summed E-state index contributed by atoms with van der Waals surface area (Å²) in [5.41, 5.74) is 4.44. The highest BCUT2D eigenvalue weighted by molar-refractivity contribution is 7.09. The molecule has 0 saturated heterocycles. The molecule has 0 saturated carbocycles. The molecule has 16 heteroatoms. The number of carboxylic acids is 2. The molecule has 3 rings (SSSR count). The number of aliphatic carboxylic acids is 2. The van der Waals surface area contributed by atoms with E-state index in [1.165, 1.54) is 16.3 Å². The van der Waals surface area contributed by atoms with Gasteiger partial charge in [-0.3, -0.25) is 4.90 Å². The molecule has 1 aliphatic heterocycles. The lowest BCUT2D eigenvalue weighted by molar-refractivity contribution is -0.193. The molecule has 0 aliphatic carbocycles. The van der Waals surface area contributed by atoms with E-state index >= 15 is 0 Å². The normalized spacial score (nSPS) is 16.0. The molecule has 2 aromatic heterocycles.